The highest BCUT2D eigenvalue weighted by atomic mass is 19.1. The van der Waals surface area contributed by atoms with Gasteiger partial charge < -0.3 is 20.2 Å². The molecular weight excluding hydrogens is 296 g/mol. The molecule has 0 atom stereocenters. The minimum Gasteiger partial charge on any atom is -0.506 e. The first-order chi connectivity index (χ1) is 10.4. The number of halogens is 2. The van der Waals surface area contributed by atoms with Gasteiger partial charge in [0.05, 0.1) is 11.1 Å². The number of hydrogen-bond acceptors (Lipinski definition) is 6. The van der Waals surface area contributed by atoms with E-state index in [2.05, 4.69) is 15.6 Å². The molecule has 22 heavy (non-hydrogen) atoms. The molecule has 0 aliphatic rings. The van der Waals surface area contributed by atoms with Gasteiger partial charge in [0.15, 0.2) is 17.2 Å². The van der Waals surface area contributed by atoms with Gasteiger partial charge in [0.2, 0.25) is 0 Å². The summed E-state index contributed by atoms with van der Waals surface area (Å²) < 4.78 is 33.6. The fraction of sp³-hybridized carbons (Fsp3) is 0.286. The lowest BCUT2D eigenvalue weighted by Gasteiger charge is -2.14. The van der Waals surface area contributed by atoms with Gasteiger partial charge in [0.1, 0.15) is 17.0 Å². The zero-order chi connectivity index (χ0) is 16.6. The third-order valence-corrected chi connectivity index (χ3v) is 3.40. The lowest BCUT2D eigenvalue weighted by atomic mass is 10.1. The normalized spacial score (nSPS) is 11.8. The first-order valence-electron chi connectivity index (χ1n) is 6.38. The molecule has 3 N–H and O–H groups in total. The minimum absolute atomic E-state index is 0.188. The Hall–Kier alpha value is -2.64. The molecule has 0 saturated carbocycles. The van der Waals surface area contributed by atoms with Crippen LogP contribution in [0.2, 0.25) is 0 Å². The summed E-state index contributed by atoms with van der Waals surface area (Å²) in [5.41, 5.74) is -2.19. The maximum absolute atomic E-state index is 14.3. The van der Waals surface area contributed by atoms with Gasteiger partial charge in [-0.05, 0) is 6.92 Å². The standard InChI is InChI=1S/C14H15F2N3O3/c1-5(17-2)6-12(20)7-10(18-3)8(15)11(19-4)9(16)13(7)22-14(6)21/h18-20H,1-4H3. The van der Waals surface area contributed by atoms with Gasteiger partial charge in [-0.15, -0.1) is 0 Å². The largest absolute Gasteiger partial charge is 0.506 e. The Kier molecular flexibility index (Phi) is 4.03. The van der Waals surface area contributed by atoms with E-state index in [1.54, 1.807) is 0 Å². The van der Waals surface area contributed by atoms with Crippen LogP contribution in [0.3, 0.4) is 0 Å². The third-order valence-electron chi connectivity index (χ3n) is 3.40. The highest BCUT2D eigenvalue weighted by Gasteiger charge is 2.26. The molecule has 2 rings (SSSR count). The van der Waals surface area contributed by atoms with Crippen molar-refractivity contribution in [2.75, 3.05) is 31.8 Å². The van der Waals surface area contributed by atoms with Crippen LogP contribution < -0.4 is 16.3 Å². The number of fused-ring (bicyclic) bond motifs is 1. The summed E-state index contributed by atoms with van der Waals surface area (Å²) in [6.07, 6.45) is 0. The molecule has 1 heterocycles. The number of aliphatic imine (C=N–C) groups is 1. The van der Waals surface area contributed by atoms with Crippen LogP contribution in [0, 0.1) is 11.6 Å². The van der Waals surface area contributed by atoms with Crippen LogP contribution in [0.25, 0.3) is 11.0 Å². The van der Waals surface area contributed by atoms with E-state index in [0.29, 0.717) is 0 Å². The second-order valence-corrected chi connectivity index (χ2v) is 4.50. The molecule has 8 heteroatoms. The zero-order valence-corrected chi connectivity index (χ0v) is 12.5. The van der Waals surface area contributed by atoms with Crippen molar-refractivity contribution in [2.24, 2.45) is 4.99 Å². The van der Waals surface area contributed by atoms with E-state index in [-0.39, 0.29) is 22.3 Å². The fourth-order valence-corrected chi connectivity index (χ4v) is 2.24. The third kappa shape index (κ3) is 2.07. The molecule has 0 saturated heterocycles. The molecule has 0 fully saturated rings. The van der Waals surface area contributed by atoms with Gasteiger partial charge in [-0.2, -0.15) is 0 Å². The first kappa shape index (κ1) is 15.7. The molecule has 0 radical (unpaired) electrons. The molecule has 0 bridgehead atoms. The lowest BCUT2D eigenvalue weighted by molar-refractivity contribution is 0.460. The quantitative estimate of drug-likeness (QED) is 0.598. The Morgan fingerprint density at radius 2 is 1.77 bits per heavy atom. The van der Waals surface area contributed by atoms with E-state index in [1.165, 1.54) is 28.1 Å². The van der Waals surface area contributed by atoms with E-state index < -0.39 is 34.3 Å². The van der Waals surface area contributed by atoms with Gasteiger partial charge >= 0.3 is 5.63 Å². The maximum Gasteiger partial charge on any atom is 0.349 e. The lowest BCUT2D eigenvalue weighted by Crippen LogP contribution is -2.14. The number of aromatic hydroxyl groups is 1. The molecule has 1 aromatic carbocycles. The Bertz CT molecular complexity index is 844. The van der Waals surface area contributed by atoms with Crippen LogP contribution in [0.4, 0.5) is 20.2 Å². The molecule has 0 amide bonds. The Morgan fingerprint density at radius 1 is 1.18 bits per heavy atom. The number of nitrogens with one attached hydrogen (secondary N) is 2. The van der Waals surface area contributed by atoms with Crippen molar-refractivity contribution in [3.8, 4) is 5.75 Å². The summed E-state index contributed by atoms with van der Waals surface area (Å²) in [7, 11) is 4.15. The van der Waals surface area contributed by atoms with Crippen LogP contribution in [0.1, 0.15) is 12.5 Å². The molecule has 118 valence electrons. The fourth-order valence-electron chi connectivity index (χ4n) is 2.24. The van der Waals surface area contributed by atoms with Gasteiger partial charge in [-0.3, -0.25) is 4.99 Å². The van der Waals surface area contributed by atoms with E-state index in [0.717, 1.165) is 0 Å². The van der Waals surface area contributed by atoms with Crippen LogP contribution in [-0.4, -0.2) is 32.0 Å². The van der Waals surface area contributed by atoms with Crippen LogP contribution >= 0.6 is 0 Å². The molecule has 0 spiro atoms. The number of anilines is 2. The minimum atomic E-state index is -1.10. The van der Waals surface area contributed by atoms with Crippen molar-refractivity contribution in [3.05, 3.63) is 27.6 Å². The van der Waals surface area contributed by atoms with Crippen molar-refractivity contribution in [2.45, 2.75) is 6.92 Å². The number of hydrogen-bond donors (Lipinski definition) is 3. The monoisotopic (exact) mass is 311 g/mol. The van der Waals surface area contributed by atoms with Crippen molar-refractivity contribution in [1.29, 1.82) is 0 Å². The average Bonchev–Trinajstić information content (AvgIpc) is 2.49. The molecule has 0 aliphatic carbocycles. The summed E-state index contributed by atoms with van der Waals surface area (Å²) in [6.45, 7) is 1.48. The van der Waals surface area contributed by atoms with Crippen LogP contribution in [0.15, 0.2) is 14.2 Å². The van der Waals surface area contributed by atoms with Crippen LogP contribution in [0.5, 0.6) is 5.75 Å². The highest BCUT2D eigenvalue weighted by Crippen LogP contribution is 2.40. The van der Waals surface area contributed by atoms with Gasteiger partial charge in [0, 0.05) is 26.9 Å². The Labute approximate surface area is 124 Å². The first-order valence-corrected chi connectivity index (χ1v) is 6.38. The molecule has 0 aliphatic heterocycles. The summed E-state index contributed by atoms with van der Waals surface area (Å²) in [4.78, 5) is 15.8. The van der Waals surface area contributed by atoms with Crippen molar-refractivity contribution in [3.63, 3.8) is 0 Å². The second-order valence-electron chi connectivity index (χ2n) is 4.50. The smallest absolute Gasteiger partial charge is 0.349 e. The van der Waals surface area contributed by atoms with Crippen LogP contribution in [-0.2, 0) is 0 Å². The SMILES string of the molecule is CN=C(C)c1c(O)c2c(NC)c(F)c(NC)c(F)c2oc1=O. The predicted octanol–water partition coefficient (Wildman–Crippen LogP) is 2.30. The molecule has 6 nitrogen and oxygen atoms in total. The van der Waals surface area contributed by atoms with E-state index >= 15 is 0 Å². The molecule has 2 aromatic rings. The summed E-state index contributed by atoms with van der Waals surface area (Å²) in [5.74, 6) is -2.62. The van der Waals surface area contributed by atoms with Gasteiger partial charge in [0.25, 0.3) is 0 Å². The van der Waals surface area contributed by atoms with E-state index in [4.69, 9.17) is 4.42 Å². The summed E-state index contributed by atoms with van der Waals surface area (Å²) in [5, 5.41) is 15.0. The second kappa shape index (κ2) is 5.63. The topological polar surface area (TPSA) is 86.9 Å². The highest BCUT2D eigenvalue weighted by molar-refractivity contribution is 6.08. The Balaban J connectivity index is 3.12. The summed E-state index contributed by atoms with van der Waals surface area (Å²) >= 11 is 0. The van der Waals surface area contributed by atoms with E-state index in [9.17, 15) is 18.7 Å². The Morgan fingerprint density at radius 3 is 2.27 bits per heavy atom. The maximum atomic E-state index is 14.3. The van der Waals surface area contributed by atoms with Crippen molar-refractivity contribution < 1.29 is 18.3 Å². The van der Waals surface area contributed by atoms with Crippen molar-refractivity contribution >= 4 is 28.1 Å². The zero-order valence-electron chi connectivity index (χ0n) is 12.5. The average molecular weight is 311 g/mol. The molecular formula is C14H15F2N3O3. The van der Waals surface area contributed by atoms with Gasteiger partial charge in [-0.25, -0.2) is 13.6 Å². The predicted molar refractivity (Wildman–Crippen MR) is 81.3 cm³/mol. The number of rotatable bonds is 3. The molecule has 0 unspecified atom stereocenters. The number of benzene rings is 1. The van der Waals surface area contributed by atoms with Crippen molar-refractivity contribution in [1.82, 2.24) is 0 Å². The van der Waals surface area contributed by atoms with E-state index in [1.807, 2.05) is 0 Å². The van der Waals surface area contributed by atoms with Gasteiger partial charge in [-0.1, -0.05) is 0 Å². The molecule has 1 aromatic heterocycles. The summed E-state index contributed by atoms with van der Waals surface area (Å²) in [6, 6.07) is 0. The number of nitrogens with zero attached hydrogens (tertiary/aromatic N) is 1.